The van der Waals surface area contributed by atoms with Gasteiger partial charge in [-0.15, -0.1) is 0 Å². The zero-order chi connectivity index (χ0) is 19.2. The number of rotatable bonds is 8. The fraction of sp³-hybridized carbons (Fsp3) is 0.300. The Morgan fingerprint density at radius 3 is 2.63 bits per heavy atom. The first-order valence-corrected chi connectivity index (χ1v) is 8.95. The van der Waals surface area contributed by atoms with Gasteiger partial charge in [0.05, 0.1) is 12.7 Å². The van der Waals surface area contributed by atoms with Crippen LogP contribution in [0.25, 0.3) is 0 Å². The smallest absolute Gasteiger partial charge is 0.338 e. The monoisotopic (exact) mass is 389 g/mol. The Bertz CT molecular complexity index is 835. The Morgan fingerprint density at radius 2 is 1.93 bits per heavy atom. The van der Waals surface area contributed by atoms with Gasteiger partial charge in [-0.3, -0.25) is 4.79 Å². The van der Waals surface area contributed by atoms with Crippen LogP contribution in [0.15, 0.2) is 42.5 Å². The van der Waals surface area contributed by atoms with Crippen molar-refractivity contribution in [3.8, 4) is 11.5 Å². The minimum atomic E-state index is -0.600. The van der Waals surface area contributed by atoms with Crippen molar-refractivity contribution in [1.82, 2.24) is 5.32 Å². The maximum absolute atomic E-state index is 12.1. The summed E-state index contributed by atoms with van der Waals surface area (Å²) in [5.41, 5.74) is 1.11. The van der Waals surface area contributed by atoms with Crippen molar-refractivity contribution >= 4 is 23.5 Å². The summed E-state index contributed by atoms with van der Waals surface area (Å²) in [6.07, 6.45) is 1.96. The molecule has 0 spiro atoms. The van der Waals surface area contributed by atoms with Gasteiger partial charge in [-0.25, -0.2) is 4.79 Å². The summed E-state index contributed by atoms with van der Waals surface area (Å²) in [7, 11) is 1.48. The molecule has 1 aliphatic carbocycles. The van der Waals surface area contributed by atoms with Gasteiger partial charge >= 0.3 is 5.97 Å². The maximum atomic E-state index is 12.1. The van der Waals surface area contributed by atoms with Crippen LogP contribution in [0.2, 0.25) is 5.02 Å². The lowest BCUT2D eigenvalue weighted by molar-refractivity contribution is -0.124. The summed E-state index contributed by atoms with van der Waals surface area (Å²) in [6, 6.07) is 12.3. The topological polar surface area (TPSA) is 73.9 Å². The number of amides is 1. The molecule has 3 rings (SSSR count). The van der Waals surface area contributed by atoms with Gasteiger partial charge in [0.15, 0.2) is 18.1 Å². The van der Waals surface area contributed by atoms with Crippen molar-refractivity contribution in [3.63, 3.8) is 0 Å². The number of methoxy groups -OCH3 is 1. The van der Waals surface area contributed by atoms with E-state index in [4.69, 9.17) is 25.8 Å². The molecular weight excluding hydrogens is 370 g/mol. The number of halogens is 1. The van der Waals surface area contributed by atoms with Gasteiger partial charge in [-0.05, 0) is 37.1 Å². The molecule has 7 heteroatoms. The lowest BCUT2D eigenvalue weighted by Gasteiger charge is -2.13. The van der Waals surface area contributed by atoms with E-state index in [1.807, 2.05) is 18.2 Å². The Hall–Kier alpha value is -2.73. The Balaban J connectivity index is 1.60. The zero-order valence-electron chi connectivity index (χ0n) is 14.9. The number of carbonyl (C=O) groups excluding carboxylic acids is 2. The van der Waals surface area contributed by atoms with E-state index in [9.17, 15) is 9.59 Å². The van der Waals surface area contributed by atoms with Gasteiger partial charge in [0.25, 0.3) is 5.91 Å². The Labute approximate surface area is 162 Å². The molecule has 142 valence electrons. The van der Waals surface area contributed by atoms with Crippen molar-refractivity contribution in [1.29, 1.82) is 0 Å². The summed E-state index contributed by atoms with van der Waals surface area (Å²) in [6.45, 7) is -0.0381. The summed E-state index contributed by atoms with van der Waals surface area (Å²) < 4.78 is 16.1. The summed E-state index contributed by atoms with van der Waals surface area (Å²) in [5, 5.41) is 3.37. The Kier molecular flexibility index (Phi) is 6.19. The van der Waals surface area contributed by atoms with E-state index in [0.717, 1.165) is 18.4 Å². The van der Waals surface area contributed by atoms with Crippen LogP contribution < -0.4 is 14.8 Å². The van der Waals surface area contributed by atoms with Gasteiger partial charge < -0.3 is 19.5 Å². The second-order valence-electron chi connectivity index (χ2n) is 6.16. The molecule has 1 saturated carbocycles. The fourth-order valence-corrected chi connectivity index (χ4v) is 2.59. The molecule has 6 nitrogen and oxygen atoms in total. The highest BCUT2D eigenvalue weighted by Crippen LogP contribution is 2.30. The summed E-state index contributed by atoms with van der Waals surface area (Å²) in [4.78, 5) is 23.7. The van der Waals surface area contributed by atoms with Crippen LogP contribution in [0.3, 0.4) is 0 Å². The van der Waals surface area contributed by atoms with Crippen LogP contribution in [0.4, 0.5) is 0 Å². The molecule has 0 aliphatic heterocycles. The highest BCUT2D eigenvalue weighted by molar-refractivity contribution is 6.31. The van der Waals surface area contributed by atoms with Crippen molar-refractivity contribution in [2.75, 3.05) is 13.7 Å². The zero-order valence-corrected chi connectivity index (χ0v) is 15.6. The lowest BCUT2D eigenvalue weighted by atomic mass is 10.2. The Morgan fingerprint density at radius 1 is 1.15 bits per heavy atom. The molecule has 0 unspecified atom stereocenters. The van der Waals surface area contributed by atoms with Crippen molar-refractivity contribution < 1.29 is 23.8 Å². The maximum Gasteiger partial charge on any atom is 0.338 e. The molecule has 0 aromatic heterocycles. The molecule has 0 heterocycles. The van der Waals surface area contributed by atoms with E-state index in [-0.39, 0.29) is 30.7 Å². The minimum absolute atomic E-state index is 0.228. The van der Waals surface area contributed by atoms with E-state index in [1.165, 1.54) is 13.2 Å². The number of hydrogen-bond donors (Lipinski definition) is 1. The third kappa shape index (κ3) is 5.37. The van der Waals surface area contributed by atoms with E-state index in [1.54, 1.807) is 18.2 Å². The quantitative estimate of drug-likeness (QED) is 0.701. The van der Waals surface area contributed by atoms with Crippen LogP contribution in [-0.4, -0.2) is 31.6 Å². The molecule has 1 fully saturated rings. The van der Waals surface area contributed by atoms with Gasteiger partial charge in [-0.1, -0.05) is 29.8 Å². The predicted octanol–water partition coefficient (Wildman–Crippen LogP) is 3.36. The van der Waals surface area contributed by atoms with Crippen molar-refractivity contribution in [2.24, 2.45) is 0 Å². The number of hydrogen-bond acceptors (Lipinski definition) is 5. The highest BCUT2D eigenvalue weighted by Gasteiger charge is 2.23. The number of benzene rings is 2. The van der Waals surface area contributed by atoms with E-state index in [0.29, 0.717) is 16.5 Å². The molecular formula is C20H20ClNO5. The lowest BCUT2D eigenvalue weighted by Crippen LogP contribution is -2.30. The van der Waals surface area contributed by atoms with E-state index in [2.05, 4.69) is 5.32 Å². The van der Waals surface area contributed by atoms with Crippen LogP contribution in [0.5, 0.6) is 11.5 Å². The molecule has 27 heavy (non-hydrogen) atoms. The first-order chi connectivity index (χ1) is 13.1. The van der Waals surface area contributed by atoms with E-state index < -0.39 is 5.97 Å². The van der Waals surface area contributed by atoms with Crippen LogP contribution in [0.1, 0.15) is 28.8 Å². The van der Waals surface area contributed by atoms with Crippen molar-refractivity contribution in [2.45, 2.75) is 25.5 Å². The number of carbonyl (C=O) groups is 2. The first-order valence-electron chi connectivity index (χ1n) is 8.57. The molecule has 0 radical (unpaired) electrons. The normalized spacial score (nSPS) is 13.0. The van der Waals surface area contributed by atoms with E-state index >= 15 is 0 Å². The third-order valence-corrected chi connectivity index (χ3v) is 4.39. The second-order valence-corrected chi connectivity index (χ2v) is 6.57. The molecule has 1 amide bonds. The number of nitrogens with one attached hydrogen (secondary N) is 1. The van der Waals surface area contributed by atoms with Gasteiger partial charge in [-0.2, -0.15) is 0 Å². The standard InChI is InChI=1S/C20H20ClNO5/c1-25-18-10-13(20(24)27-12-19(23)22-15-7-8-15)6-9-17(18)26-11-14-4-2-3-5-16(14)21/h2-6,9-10,15H,7-8,11-12H2,1H3,(H,22,23). The highest BCUT2D eigenvalue weighted by atomic mass is 35.5. The van der Waals surface area contributed by atoms with Crippen LogP contribution in [0, 0.1) is 0 Å². The fourth-order valence-electron chi connectivity index (χ4n) is 2.40. The molecule has 0 saturated heterocycles. The number of esters is 1. The van der Waals surface area contributed by atoms with Crippen molar-refractivity contribution in [3.05, 3.63) is 58.6 Å². The molecule has 1 aliphatic rings. The van der Waals surface area contributed by atoms with Gasteiger partial charge in [0.1, 0.15) is 6.61 Å². The molecule has 2 aromatic carbocycles. The van der Waals surface area contributed by atoms with Gasteiger partial charge in [0.2, 0.25) is 0 Å². The largest absolute Gasteiger partial charge is 0.493 e. The molecule has 0 atom stereocenters. The first kappa shape index (κ1) is 19.0. The SMILES string of the molecule is COc1cc(C(=O)OCC(=O)NC2CC2)ccc1OCc1ccccc1Cl. The third-order valence-electron chi connectivity index (χ3n) is 4.02. The summed E-state index contributed by atoms with van der Waals surface area (Å²) >= 11 is 6.12. The predicted molar refractivity (Wildman–Crippen MR) is 100 cm³/mol. The van der Waals surface area contributed by atoms with Crippen LogP contribution in [-0.2, 0) is 16.1 Å². The van der Waals surface area contributed by atoms with Crippen LogP contribution >= 0.6 is 11.6 Å². The second kappa shape index (κ2) is 8.77. The average Bonchev–Trinajstić information content (AvgIpc) is 3.49. The molecule has 1 N–H and O–H groups in total. The molecule has 2 aromatic rings. The minimum Gasteiger partial charge on any atom is -0.493 e. The van der Waals surface area contributed by atoms with Gasteiger partial charge in [0, 0.05) is 16.6 Å². The average molecular weight is 390 g/mol. The molecule has 0 bridgehead atoms. The summed E-state index contributed by atoms with van der Waals surface area (Å²) in [5.74, 6) is -0.0335. The number of ether oxygens (including phenoxy) is 3.